The number of ketones is 2. The smallest absolute Gasteiger partial charge is 0.350 e. The standard InChI is InChI=1S/C49H66N2O14.C42H51NO13.4Ac/c1-7-21-61-23-24-62-22-20-50-36(53)18-19-37(54)65-41(39(31-14-10-8-11-15-31)51-44(57)32-16-12-9-13-17-32)45(58)64-33-27-48(59)26-29(2)42-47(6,34(52)25-35-49(42,60)28-63-35)43(56)40(55)38(30(33)3)46(48,4)5;1-22-19-41(52)20-26(23(2)31(39(41,3)4)33(48)36(49)40(5)27(44)18-28-42(53,21-54-28)35(22)40)55-38(51)34(56-30(47)17-16-29(45)46)32(24-12-8-6-9-13-24)43-37(50)25-14-10-7-11-15-25;;;;/h8-17,29,33-35,39-42,52,55,59-60H,7,18-28H2,1-6H3,(H,50,53)(H,51,57);6-15,22,26-28,32-35,44,48,52-53H,16-21H2,1-5H3,(H,43,50)(H,45,46);;;;/t29?,33?,34?,35?,39?,40?,41?,42?,47-,48?,49+;22?,26?,27?,28?,32?,33?,34?,35?,40-,41?,42+;;;;/m11..../s1. The Hall–Kier alpha value is -3.25. The van der Waals surface area contributed by atoms with Crippen LogP contribution < -0.4 is 16.0 Å². The molecule has 30 nitrogen and oxygen atoms in total. The second-order valence-electron chi connectivity index (χ2n) is 35.5. The van der Waals surface area contributed by atoms with Crippen LogP contribution in [0, 0.1) is 222 Å². The number of esters is 4. The van der Waals surface area contributed by atoms with Gasteiger partial charge in [-0.2, -0.15) is 0 Å². The summed E-state index contributed by atoms with van der Waals surface area (Å²) in [4.78, 5) is 137. The summed E-state index contributed by atoms with van der Waals surface area (Å²) < 4.78 is 46.0. The molecule has 0 aromatic heterocycles. The van der Waals surface area contributed by atoms with Crippen molar-refractivity contribution in [2.45, 2.75) is 242 Å². The third kappa shape index (κ3) is 22.6. The van der Waals surface area contributed by atoms with Crippen LogP contribution in [0.2, 0.25) is 0 Å². The number of benzene rings is 4. The van der Waals surface area contributed by atoms with Crippen molar-refractivity contribution in [3.63, 3.8) is 0 Å². The number of ether oxygens (including phenoxy) is 8. The van der Waals surface area contributed by atoms with Crippen LogP contribution in [0.15, 0.2) is 144 Å². The number of Topliss-reactive ketones (excluding diaryl/α,β-unsaturated/α-hetero) is 2. The van der Waals surface area contributed by atoms with Crippen molar-refractivity contribution in [1.82, 2.24) is 16.0 Å². The van der Waals surface area contributed by atoms with Gasteiger partial charge in [0.15, 0.2) is 11.6 Å². The SMILES string of the molecule is CC1=C2C(O)C(=O)[C@]3(C)C(O)CC4OC[C@@]4(O)C3C(C)CC(O)(CC1OC(=O)C(OC(=O)CCC(=O)O)C(NC(=O)c1ccccc1)c1ccccc1)C2(C)C.CCCOCCOCCNC(=O)CCC(=O)OC(C(=O)OC1CC2(O)CC(C)C3[C@]4(O)COC4CC(O)[C@@]3(C)C(=O)C(O)C(=C1C)C2(C)C)C(NC(=O)c1ccccc1)c1ccccc1.[Ac].[Ac].[Ac].[Ac]. The fraction of sp³-hybridized carbons (Fsp3) is 0.582. The molecule has 12 rings (SSSR count). The minimum absolute atomic E-state index is 0. The van der Waals surface area contributed by atoms with Gasteiger partial charge in [0, 0.05) is 255 Å². The van der Waals surface area contributed by atoms with Crippen LogP contribution in [0.25, 0.3) is 0 Å². The Kier molecular flexibility index (Phi) is 39.3. The van der Waals surface area contributed by atoms with Crippen LogP contribution in [0.4, 0.5) is 0 Å². The van der Waals surface area contributed by atoms with Crippen molar-refractivity contribution in [2.24, 2.45) is 45.3 Å². The number of nitrogens with one attached hydrogen (secondary N) is 3. The molecule has 0 spiro atoms. The van der Waals surface area contributed by atoms with Gasteiger partial charge >= 0.3 is 29.8 Å². The zero-order valence-electron chi connectivity index (χ0n) is 72.7. The maximum atomic E-state index is 14.8. The number of hydrogen-bond acceptors (Lipinski definition) is 26. The molecule has 4 bridgehead atoms. The molecule has 4 saturated carbocycles. The Balaban J connectivity index is 0.000000336. The molecule has 8 aliphatic rings. The third-order valence-electron chi connectivity index (χ3n) is 27.3. The molecule has 34 heteroatoms. The molecular weight excluding hydrogens is 2470 g/mol. The van der Waals surface area contributed by atoms with Crippen LogP contribution >= 0.6 is 0 Å². The first-order chi connectivity index (χ1) is 57.1. The molecule has 125 heavy (non-hydrogen) atoms. The van der Waals surface area contributed by atoms with Gasteiger partial charge in [0.1, 0.15) is 47.7 Å². The molecule has 4 aromatic carbocycles. The van der Waals surface area contributed by atoms with Crippen LogP contribution in [-0.4, -0.2) is 235 Å². The van der Waals surface area contributed by atoms with Gasteiger partial charge in [0.25, 0.3) is 11.8 Å². The number of fused-ring (bicyclic) bond motifs is 10. The number of rotatable bonds is 28. The predicted molar refractivity (Wildman–Crippen MR) is 432 cm³/mol. The second-order valence-corrected chi connectivity index (χ2v) is 35.5. The molecular formula is C91H117Ac4N3O27. The van der Waals surface area contributed by atoms with Crippen LogP contribution in [-0.2, 0) is 76.3 Å². The van der Waals surface area contributed by atoms with Gasteiger partial charge in [-0.05, 0) is 116 Å². The Morgan fingerprint density at radius 2 is 0.840 bits per heavy atom. The first-order valence-electron chi connectivity index (χ1n) is 41.7. The number of carboxylic acid groups (broad SMARTS) is 1. The van der Waals surface area contributed by atoms with E-state index in [-0.39, 0.29) is 281 Å². The van der Waals surface area contributed by atoms with Crippen molar-refractivity contribution < 1.29 is 308 Å². The predicted octanol–water partition coefficient (Wildman–Crippen LogP) is 6.10. The summed E-state index contributed by atoms with van der Waals surface area (Å²) >= 11 is 0. The normalized spacial score (nSPS) is 31.7. The van der Waals surface area contributed by atoms with Crippen molar-refractivity contribution in [3.8, 4) is 0 Å². The topological polar surface area (TPSA) is 463 Å². The van der Waals surface area contributed by atoms with Crippen LogP contribution in [0.3, 0.4) is 0 Å². The molecule has 4 radical (unpaired) electrons. The number of carboxylic acids is 1. The Morgan fingerprint density at radius 1 is 0.488 bits per heavy atom. The van der Waals surface area contributed by atoms with Gasteiger partial charge in [-0.25, -0.2) is 9.59 Å². The van der Waals surface area contributed by atoms with Crippen LogP contribution in [0.1, 0.15) is 191 Å². The van der Waals surface area contributed by atoms with E-state index >= 15 is 0 Å². The van der Waals surface area contributed by atoms with E-state index in [1.807, 2.05) is 6.92 Å². The molecule has 6 fully saturated rings. The summed E-state index contributed by atoms with van der Waals surface area (Å²) in [7, 11) is 0. The van der Waals surface area contributed by atoms with E-state index in [1.54, 1.807) is 184 Å². The molecule has 4 aromatic rings. The number of aliphatic hydroxyl groups excluding tert-OH is 4. The van der Waals surface area contributed by atoms with E-state index in [4.69, 9.17) is 37.9 Å². The summed E-state index contributed by atoms with van der Waals surface area (Å²) in [5, 5.41) is 114. The average molecular weight is 2590 g/mol. The number of carbonyl (C=O) groups excluding carboxylic acids is 9. The quantitative estimate of drug-likeness (QED) is 0.0132. The van der Waals surface area contributed by atoms with E-state index < -0.39 is 219 Å². The van der Waals surface area contributed by atoms with E-state index in [0.29, 0.717) is 30.9 Å². The monoisotopic (exact) mass is 2590 g/mol. The van der Waals surface area contributed by atoms with E-state index in [9.17, 15) is 93.9 Å². The summed E-state index contributed by atoms with van der Waals surface area (Å²) in [6, 6.07) is 30.3. The molecule has 18 unspecified atom stereocenters. The number of aliphatic hydroxyl groups is 8. The van der Waals surface area contributed by atoms with E-state index in [1.165, 1.54) is 6.92 Å². The summed E-state index contributed by atoms with van der Waals surface area (Å²) in [5.74, 6) is -11.8. The van der Waals surface area contributed by atoms with Crippen LogP contribution in [0.5, 0.6) is 0 Å². The van der Waals surface area contributed by atoms with Gasteiger partial charge < -0.3 is 99.8 Å². The van der Waals surface area contributed by atoms with E-state index in [2.05, 4.69) is 16.0 Å². The first-order valence-corrected chi connectivity index (χ1v) is 41.7. The number of hydrogen-bond donors (Lipinski definition) is 12. The van der Waals surface area contributed by atoms with Crippen molar-refractivity contribution in [3.05, 3.63) is 166 Å². The average Bonchev–Trinajstić information content (AvgIpc) is 1.69. The molecule has 2 aliphatic heterocycles. The maximum Gasteiger partial charge on any atom is 0.350 e. The minimum atomic E-state index is -1.89. The van der Waals surface area contributed by atoms with Gasteiger partial charge in [-0.3, -0.25) is 38.4 Å². The largest absolute Gasteiger partial charge is 0.481 e. The molecule has 670 valence electrons. The third-order valence-corrected chi connectivity index (χ3v) is 27.3. The van der Waals surface area contributed by atoms with E-state index in [0.717, 1.165) is 6.42 Å². The first kappa shape index (κ1) is 109. The summed E-state index contributed by atoms with van der Waals surface area (Å²) in [6.45, 7) is 20.2. The number of amides is 3. The molecule has 2 heterocycles. The van der Waals surface area contributed by atoms with Gasteiger partial charge in [-0.1, -0.05) is 146 Å². The van der Waals surface area contributed by atoms with Gasteiger partial charge in [-0.15, -0.1) is 0 Å². The minimum Gasteiger partial charge on any atom is -0.481 e. The zero-order valence-corrected chi connectivity index (χ0v) is 91.7. The Bertz CT molecular complexity index is 4550. The van der Waals surface area contributed by atoms with Crippen molar-refractivity contribution >= 4 is 59.1 Å². The Labute approximate surface area is 871 Å². The van der Waals surface area contributed by atoms with Gasteiger partial charge in [0.05, 0.1) is 98.7 Å². The molecule has 22 atom stereocenters. The maximum absolute atomic E-state index is 14.8. The molecule has 2 saturated heterocycles. The zero-order chi connectivity index (χ0) is 88.3. The fourth-order valence-corrected chi connectivity index (χ4v) is 20.7. The van der Waals surface area contributed by atoms with Crippen molar-refractivity contribution in [1.29, 1.82) is 0 Å². The Morgan fingerprint density at radius 3 is 1.18 bits per heavy atom. The molecule has 6 aliphatic carbocycles. The number of aliphatic carboxylic acids is 1. The van der Waals surface area contributed by atoms with Crippen molar-refractivity contribution in [2.75, 3.05) is 46.2 Å². The molecule has 3 amide bonds. The molecule has 12 N–H and O–H groups in total. The summed E-state index contributed by atoms with van der Waals surface area (Å²) in [5.41, 5.74) is -10.5. The summed E-state index contributed by atoms with van der Waals surface area (Å²) in [6.07, 6.45) is -15.7. The number of carbonyl (C=O) groups is 10. The van der Waals surface area contributed by atoms with Gasteiger partial charge in [0.2, 0.25) is 18.1 Å². The fourth-order valence-electron chi connectivity index (χ4n) is 20.7. The second kappa shape index (κ2) is 45.2.